The molecule has 0 bridgehead atoms. The van der Waals surface area contributed by atoms with Crippen LogP contribution in [0.25, 0.3) is 11.0 Å². The average molecular weight is 715 g/mol. The summed E-state index contributed by atoms with van der Waals surface area (Å²) < 4.78 is 32.1. The summed E-state index contributed by atoms with van der Waals surface area (Å²) in [6.07, 6.45) is 4.33. The van der Waals surface area contributed by atoms with Crippen LogP contribution in [0.3, 0.4) is 0 Å². The Morgan fingerprint density at radius 3 is 2.54 bits per heavy atom. The highest BCUT2D eigenvalue weighted by molar-refractivity contribution is 5.84. The molecule has 6 rings (SSSR count). The molecule has 13 nitrogen and oxygen atoms in total. The summed E-state index contributed by atoms with van der Waals surface area (Å²) in [5.41, 5.74) is 1.14. The van der Waals surface area contributed by atoms with Gasteiger partial charge in [0.15, 0.2) is 5.79 Å². The first-order valence-corrected chi connectivity index (χ1v) is 18.0. The molecule has 0 spiro atoms. The van der Waals surface area contributed by atoms with Crippen LogP contribution >= 0.6 is 0 Å². The van der Waals surface area contributed by atoms with Crippen molar-refractivity contribution in [2.45, 2.75) is 83.5 Å². The Bertz CT molecular complexity index is 1820. The lowest BCUT2D eigenvalue weighted by Gasteiger charge is -2.28. The van der Waals surface area contributed by atoms with Gasteiger partial charge in [0.25, 0.3) is 0 Å². The van der Waals surface area contributed by atoms with Crippen molar-refractivity contribution in [1.29, 1.82) is 0 Å². The zero-order valence-electron chi connectivity index (χ0n) is 30.8. The monoisotopic (exact) mass is 714 g/mol. The lowest BCUT2D eigenvalue weighted by atomic mass is 10.1. The molecule has 278 valence electrons. The number of para-hydroxylation sites is 1. The Balaban J connectivity index is 1.06. The van der Waals surface area contributed by atoms with E-state index in [4.69, 9.17) is 23.7 Å². The van der Waals surface area contributed by atoms with Crippen molar-refractivity contribution in [3.63, 3.8) is 0 Å². The second-order valence-corrected chi connectivity index (χ2v) is 14.7. The van der Waals surface area contributed by atoms with Gasteiger partial charge in [0.2, 0.25) is 5.88 Å². The SMILES string of the molecule is CNC(=O)Oc1ncnc2c1ccn2[C@@H]1C[C@H](CNCCCN(CCc2cccc(Oc3ccccc3)c2)C(=O)OC(C)(C)C)[C@H]2OC(C)(C)O[C@H]21. The number of hydrogen-bond acceptors (Lipinski definition) is 10. The third kappa shape index (κ3) is 9.19. The highest BCUT2D eigenvalue weighted by Crippen LogP contribution is 2.47. The van der Waals surface area contributed by atoms with E-state index in [9.17, 15) is 9.59 Å². The molecule has 1 saturated heterocycles. The quantitative estimate of drug-likeness (QED) is 0.148. The molecule has 2 N–H and O–H groups in total. The zero-order valence-corrected chi connectivity index (χ0v) is 30.8. The molecule has 3 heterocycles. The maximum atomic E-state index is 13.3. The van der Waals surface area contributed by atoms with Gasteiger partial charge in [-0.3, -0.25) is 0 Å². The fourth-order valence-corrected chi connectivity index (χ4v) is 6.92. The van der Waals surface area contributed by atoms with E-state index >= 15 is 0 Å². The molecule has 1 aliphatic carbocycles. The predicted octanol–water partition coefficient (Wildman–Crippen LogP) is 6.48. The standard InChI is InChI=1S/C39H50N6O7/c1-38(2,3)52-37(47)44(20-16-26-12-10-15-29(22-26)48-28-13-8-7-9-14-28)19-11-18-41-24-27-23-31(33-32(27)50-39(4,5)51-33)45-21-17-30-34(45)42-25-43-35(30)49-36(46)40-6/h7-10,12-15,17,21-22,25,27,31-33,41H,11,16,18-20,23-24H2,1-6H3,(H,40,46)/t27-,31-,32-,33+/m1/s1. The number of fused-ring (bicyclic) bond motifs is 2. The zero-order chi connectivity index (χ0) is 36.9. The molecule has 1 aliphatic heterocycles. The number of hydrogen-bond donors (Lipinski definition) is 2. The fourth-order valence-electron chi connectivity index (χ4n) is 6.92. The first-order valence-electron chi connectivity index (χ1n) is 18.0. The molecule has 0 unspecified atom stereocenters. The van der Waals surface area contributed by atoms with Gasteiger partial charge in [0, 0.05) is 38.8 Å². The van der Waals surface area contributed by atoms with Crippen LogP contribution in [0.1, 0.15) is 59.1 Å². The molecule has 0 radical (unpaired) electrons. The minimum atomic E-state index is -0.723. The van der Waals surface area contributed by atoms with Crippen LogP contribution < -0.4 is 20.1 Å². The molecule has 1 saturated carbocycles. The Morgan fingerprint density at radius 2 is 1.77 bits per heavy atom. The van der Waals surface area contributed by atoms with Crippen LogP contribution in [0.4, 0.5) is 9.59 Å². The summed E-state index contributed by atoms with van der Waals surface area (Å²) in [5, 5.41) is 6.72. The van der Waals surface area contributed by atoms with Crippen LogP contribution in [-0.4, -0.2) is 88.4 Å². The van der Waals surface area contributed by atoms with Gasteiger partial charge in [-0.25, -0.2) is 19.6 Å². The number of benzene rings is 2. The highest BCUT2D eigenvalue weighted by Gasteiger charge is 2.54. The van der Waals surface area contributed by atoms with E-state index in [2.05, 4.69) is 25.2 Å². The third-order valence-electron chi connectivity index (χ3n) is 9.16. The smallest absolute Gasteiger partial charge is 0.413 e. The lowest BCUT2D eigenvalue weighted by Crippen LogP contribution is -2.39. The molecule has 4 atom stereocenters. The van der Waals surface area contributed by atoms with Crippen LogP contribution in [0.5, 0.6) is 17.4 Å². The van der Waals surface area contributed by atoms with Crippen LogP contribution in [0.2, 0.25) is 0 Å². The summed E-state index contributed by atoms with van der Waals surface area (Å²) in [4.78, 5) is 35.7. The molecular formula is C39H50N6O7. The number of nitrogens with zero attached hydrogens (tertiary/aromatic N) is 4. The number of carbonyl (C=O) groups excluding carboxylic acids is 2. The average Bonchev–Trinajstić information content (AvgIpc) is 3.77. The predicted molar refractivity (Wildman–Crippen MR) is 196 cm³/mol. The van der Waals surface area contributed by atoms with Gasteiger partial charge in [0.05, 0.1) is 17.5 Å². The maximum Gasteiger partial charge on any atom is 0.413 e. The lowest BCUT2D eigenvalue weighted by molar-refractivity contribution is -0.160. The van der Waals surface area contributed by atoms with Crippen molar-refractivity contribution in [2.24, 2.45) is 5.92 Å². The normalized spacial score (nSPS) is 20.7. The van der Waals surface area contributed by atoms with Gasteiger partial charge in [-0.05, 0) is 96.3 Å². The van der Waals surface area contributed by atoms with Crippen molar-refractivity contribution in [3.05, 3.63) is 78.8 Å². The molecule has 52 heavy (non-hydrogen) atoms. The van der Waals surface area contributed by atoms with E-state index in [1.165, 1.54) is 13.4 Å². The largest absolute Gasteiger partial charge is 0.457 e. The van der Waals surface area contributed by atoms with Gasteiger partial charge in [-0.1, -0.05) is 30.3 Å². The number of nitrogens with one attached hydrogen (secondary N) is 2. The van der Waals surface area contributed by atoms with Gasteiger partial charge in [0.1, 0.15) is 35.2 Å². The number of carbonyl (C=O) groups is 2. The van der Waals surface area contributed by atoms with Crippen LogP contribution in [0.15, 0.2) is 73.2 Å². The molecule has 2 fully saturated rings. The first-order chi connectivity index (χ1) is 24.9. The van der Waals surface area contributed by atoms with Crippen molar-refractivity contribution >= 4 is 23.2 Å². The number of rotatable bonds is 13. The number of amides is 2. The van der Waals surface area contributed by atoms with Crippen LogP contribution in [-0.2, 0) is 20.6 Å². The molecule has 2 aliphatic rings. The van der Waals surface area contributed by atoms with Gasteiger partial charge < -0.3 is 43.8 Å². The van der Waals surface area contributed by atoms with E-state index < -0.39 is 17.5 Å². The van der Waals surface area contributed by atoms with Crippen molar-refractivity contribution in [1.82, 2.24) is 30.1 Å². The second-order valence-electron chi connectivity index (χ2n) is 14.7. The summed E-state index contributed by atoms with van der Waals surface area (Å²) in [5.74, 6) is 1.18. The van der Waals surface area contributed by atoms with E-state index in [0.717, 1.165) is 36.4 Å². The maximum absolute atomic E-state index is 13.3. The molecule has 2 aromatic heterocycles. The summed E-state index contributed by atoms with van der Waals surface area (Å²) in [7, 11) is 1.50. The summed E-state index contributed by atoms with van der Waals surface area (Å²) in [6, 6.07) is 19.5. The third-order valence-corrected chi connectivity index (χ3v) is 9.16. The highest BCUT2D eigenvalue weighted by atomic mass is 16.8. The summed E-state index contributed by atoms with van der Waals surface area (Å²) >= 11 is 0. The molecule has 4 aromatic rings. The van der Waals surface area contributed by atoms with E-state index in [1.54, 1.807) is 4.90 Å². The summed E-state index contributed by atoms with van der Waals surface area (Å²) in [6.45, 7) is 12.0. The molecular weight excluding hydrogens is 664 g/mol. The number of aromatic nitrogens is 3. The van der Waals surface area contributed by atoms with E-state index in [1.807, 2.05) is 101 Å². The molecule has 2 amide bonds. The van der Waals surface area contributed by atoms with Crippen molar-refractivity contribution < 1.29 is 33.3 Å². The Hall–Kier alpha value is -4.72. The van der Waals surface area contributed by atoms with E-state index in [0.29, 0.717) is 37.1 Å². The Labute approximate surface area is 304 Å². The van der Waals surface area contributed by atoms with E-state index in [-0.39, 0.29) is 36.1 Å². The molecule has 2 aromatic carbocycles. The minimum absolute atomic E-state index is 0.0434. The van der Waals surface area contributed by atoms with Crippen LogP contribution in [0, 0.1) is 5.92 Å². The topological polar surface area (TPSA) is 138 Å². The Morgan fingerprint density at radius 1 is 1.00 bits per heavy atom. The minimum Gasteiger partial charge on any atom is -0.457 e. The first kappa shape index (κ1) is 37.1. The number of ether oxygens (including phenoxy) is 5. The van der Waals surface area contributed by atoms with Gasteiger partial charge in [-0.2, -0.15) is 0 Å². The Kier molecular flexibility index (Phi) is 11.3. The van der Waals surface area contributed by atoms with Gasteiger partial charge >= 0.3 is 12.2 Å². The van der Waals surface area contributed by atoms with Crippen molar-refractivity contribution in [3.8, 4) is 17.4 Å². The van der Waals surface area contributed by atoms with Gasteiger partial charge in [-0.15, -0.1) is 0 Å². The van der Waals surface area contributed by atoms with Crippen molar-refractivity contribution in [2.75, 3.05) is 33.2 Å². The second kappa shape index (κ2) is 15.9. The molecule has 13 heteroatoms. The fraction of sp³-hybridized carbons (Fsp3) is 0.487.